The number of likely N-dealkylation sites (tertiary alicyclic amines) is 1. The molecule has 7 aliphatic rings. The second-order valence-electron chi connectivity index (χ2n) is 34.2. The minimum absolute atomic E-state index is 0.0619. The van der Waals surface area contributed by atoms with E-state index < -0.39 is 16.2 Å². The number of fused-ring (bicyclic) bond motifs is 1. The number of ether oxygens (including phenoxy) is 1. The lowest BCUT2D eigenvalue weighted by atomic mass is 9.47. The first-order valence-electron chi connectivity index (χ1n) is 37.1. The number of hydrogen-bond donors (Lipinski definition) is 0. The van der Waals surface area contributed by atoms with Crippen molar-refractivity contribution in [3.63, 3.8) is 0 Å². The summed E-state index contributed by atoms with van der Waals surface area (Å²) < 4.78 is 6.38. The molecule has 1 heterocycles. The molecule has 6 aliphatic carbocycles. The Hall–Kier alpha value is -12.6. The lowest BCUT2D eigenvalue weighted by Crippen LogP contribution is -2.51. The van der Waals surface area contributed by atoms with Gasteiger partial charge >= 0.3 is 0 Å². The van der Waals surface area contributed by atoms with E-state index in [2.05, 4.69) is 109 Å². The minimum atomic E-state index is -1.31. The lowest BCUT2D eigenvalue weighted by molar-refractivity contribution is 0.218. The van der Waals surface area contributed by atoms with E-state index in [0.29, 0.717) is 6.61 Å². The standard InChI is InChI=1S/C98H31N3O/c1-2-22-102-34-20-14-30(15-21-34)24-101-27-97-91-83-75-65-55-47-39-37-38-41-45-43(39)51-59-53(45)63-57-49(41)50-42(38)46-44-40(37)48(47)56-62-52(44)60-54(46)64-58(50)68-67(57)79-73(63)81-71(59)77(69(75)61(51)55)85(91)87(81)93-89(79)90-80(68)74(64)82-72(60)78-70(62)76(66(56)65)84(83)92(97)86(78)88(82)94(90)98(93,97)95(101)32-18-12-29(13-19-32)9-8-28-10-16-31(17-11-28)36-23-33-6-4-3-5-7-35(33)96(36,25-99)26-100/h3-7,10-21,23,35,95H,2,22,24,27H2,1H3. The molecule has 38 rings (SSSR count). The molecule has 1 saturated heterocycles. The van der Waals surface area contributed by atoms with Crippen LogP contribution in [0.2, 0.25) is 0 Å². The molecule has 1 aliphatic heterocycles. The van der Waals surface area contributed by atoms with Gasteiger partial charge in [0, 0.05) is 30.1 Å². The fraction of sp³-hybridized carbons (Fsp3) is 0.102. The second-order valence-corrected chi connectivity index (χ2v) is 34.2. The Morgan fingerprint density at radius 1 is 0.392 bits per heavy atom. The van der Waals surface area contributed by atoms with Gasteiger partial charge in [-0.05, 0) is 384 Å². The minimum Gasteiger partial charge on any atom is -0.494 e. The van der Waals surface area contributed by atoms with E-state index in [4.69, 9.17) is 4.74 Å². The third kappa shape index (κ3) is 3.08. The second kappa shape index (κ2) is 11.8. The zero-order valence-corrected chi connectivity index (χ0v) is 53.6. The fourth-order valence-corrected chi connectivity index (χ4v) is 30.5. The molecule has 2 atom stereocenters. The van der Waals surface area contributed by atoms with Crippen LogP contribution in [0, 0.1) is 45.8 Å². The molecule has 102 heavy (non-hydrogen) atoms. The first-order chi connectivity index (χ1) is 50.6. The van der Waals surface area contributed by atoms with Crippen molar-refractivity contribution >= 4 is 296 Å². The maximum Gasteiger partial charge on any atom is 0.179 e. The zero-order valence-electron chi connectivity index (χ0n) is 53.6. The van der Waals surface area contributed by atoms with Gasteiger partial charge in [-0.2, -0.15) is 10.5 Å². The van der Waals surface area contributed by atoms with Crippen LogP contribution < -0.4 is 4.74 Å². The Balaban J connectivity index is 0.725. The van der Waals surface area contributed by atoms with Gasteiger partial charge < -0.3 is 4.74 Å². The SMILES string of the molecule is CCCOc1ccc(CN2CC34c5c6c7c8c9c%10c(c%11c%12c3c3c5c5c%13c6c6c7c7c9c9c%14c%10c%10c%11c%11c%12c%12c3c3c5c5c%13c%13c6c6c7c9c7c9c%14c%10c%10c%11c%11c%12c3c3c5c5c%13c6c7c6c9c%10c%11c3c56)C84C2c2ccc(C#Cc3ccc(C4=CC5=CC=CC=CC5C4(C#N)C#N)cc3)cc2)cc1. The molecule has 4 heteroatoms. The topological polar surface area (TPSA) is 60.0 Å². The van der Waals surface area contributed by atoms with E-state index >= 15 is 0 Å². The van der Waals surface area contributed by atoms with Gasteiger partial charge in [0.25, 0.3) is 0 Å². The maximum absolute atomic E-state index is 10.7. The summed E-state index contributed by atoms with van der Waals surface area (Å²) in [4.78, 5) is 3.07. The molecule has 31 aromatic rings. The van der Waals surface area contributed by atoms with Crippen LogP contribution in [0.15, 0.2) is 115 Å². The molecular weight excluding hydrogens is 1240 g/mol. The van der Waals surface area contributed by atoms with Gasteiger partial charge in [-0.25, -0.2) is 0 Å². The van der Waals surface area contributed by atoms with Gasteiger partial charge in [0.1, 0.15) is 5.75 Å². The highest BCUT2D eigenvalue weighted by Crippen LogP contribution is 2.87. The number of nitriles is 2. The molecule has 1 fully saturated rings. The number of allylic oxidation sites excluding steroid dienone is 8. The quantitative estimate of drug-likeness (QED) is 0.118. The van der Waals surface area contributed by atoms with Crippen LogP contribution in [0.3, 0.4) is 0 Å². The smallest absolute Gasteiger partial charge is 0.179 e. The van der Waals surface area contributed by atoms with Crippen molar-refractivity contribution in [1.82, 2.24) is 4.90 Å². The van der Waals surface area contributed by atoms with Crippen LogP contribution in [0.1, 0.15) is 69.5 Å². The highest BCUT2D eigenvalue weighted by molar-refractivity contribution is 6.82. The average molecular weight is 1270 g/mol. The number of benzene rings is 21. The van der Waals surface area contributed by atoms with E-state index in [1.165, 1.54) is 11.1 Å². The molecule has 444 valence electrons. The Labute approximate surface area is 568 Å². The van der Waals surface area contributed by atoms with Gasteiger partial charge in [-0.3, -0.25) is 4.90 Å². The third-order valence-corrected chi connectivity index (χ3v) is 32.1. The molecule has 0 radical (unpaired) electrons. The Morgan fingerprint density at radius 2 is 0.735 bits per heavy atom. The van der Waals surface area contributed by atoms with Crippen LogP contribution in [-0.4, -0.2) is 18.1 Å². The molecule has 2 spiro atoms. The number of rotatable bonds is 7. The maximum atomic E-state index is 10.7. The van der Waals surface area contributed by atoms with Gasteiger partial charge in [-0.15, -0.1) is 0 Å². The van der Waals surface area contributed by atoms with Crippen molar-refractivity contribution in [1.29, 1.82) is 10.5 Å². The molecule has 4 nitrogen and oxygen atoms in total. The Bertz CT molecular complexity index is 9270. The molecule has 0 N–H and O–H groups in total. The van der Waals surface area contributed by atoms with E-state index in [-0.39, 0.29) is 12.0 Å². The van der Waals surface area contributed by atoms with Gasteiger partial charge in [0.2, 0.25) is 0 Å². The van der Waals surface area contributed by atoms with Crippen molar-refractivity contribution in [2.24, 2.45) is 11.3 Å². The van der Waals surface area contributed by atoms with E-state index in [1.807, 2.05) is 36.5 Å². The highest BCUT2D eigenvalue weighted by Gasteiger charge is 2.76. The van der Waals surface area contributed by atoms with Crippen molar-refractivity contribution < 1.29 is 4.74 Å². The van der Waals surface area contributed by atoms with Gasteiger partial charge in [0.15, 0.2) is 5.41 Å². The summed E-state index contributed by atoms with van der Waals surface area (Å²) in [6.45, 7) is 4.61. The van der Waals surface area contributed by atoms with Gasteiger partial charge in [-0.1, -0.05) is 91.6 Å². The summed E-state index contributed by atoms with van der Waals surface area (Å²) in [5.41, 5.74) is 11.7. The fourth-order valence-electron chi connectivity index (χ4n) is 30.5. The van der Waals surface area contributed by atoms with Crippen LogP contribution in [0.25, 0.3) is 296 Å². The van der Waals surface area contributed by atoms with Crippen molar-refractivity contribution in [3.8, 4) is 29.7 Å². The van der Waals surface area contributed by atoms with E-state index in [9.17, 15) is 10.5 Å². The number of nitrogens with zero attached hydrogens (tertiary/aromatic N) is 3. The first-order valence-corrected chi connectivity index (χ1v) is 37.1. The number of hydrogen-bond acceptors (Lipinski definition) is 4. The van der Waals surface area contributed by atoms with Crippen LogP contribution in [0.4, 0.5) is 0 Å². The molecule has 31 aromatic carbocycles. The third-order valence-electron chi connectivity index (χ3n) is 32.1. The van der Waals surface area contributed by atoms with Gasteiger partial charge in [0.05, 0.1) is 35.6 Å². The summed E-state index contributed by atoms with van der Waals surface area (Å²) in [5.74, 6) is 7.92. The normalized spacial score (nSPS) is 22.1. The van der Waals surface area contributed by atoms with E-state index in [0.717, 1.165) is 53.1 Å². The summed E-state index contributed by atoms with van der Waals surface area (Å²) in [7, 11) is 0. The summed E-state index contributed by atoms with van der Waals surface area (Å²) in [6.07, 6.45) is 13.0. The van der Waals surface area contributed by atoms with Crippen molar-refractivity contribution in [2.75, 3.05) is 13.2 Å². The largest absolute Gasteiger partial charge is 0.494 e. The van der Waals surface area contributed by atoms with Crippen molar-refractivity contribution in [2.45, 2.75) is 36.8 Å². The zero-order chi connectivity index (χ0) is 63.4. The molecule has 0 amide bonds. The predicted molar refractivity (Wildman–Crippen MR) is 420 cm³/mol. The summed E-state index contributed by atoms with van der Waals surface area (Å²) >= 11 is 0. The highest BCUT2D eigenvalue weighted by atomic mass is 16.5. The van der Waals surface area contributed by atoms with Crippen LogP contribution in [-0.2, 0) is 17.4 Å². The molecule has 0 saturated carbocycles. The summed E-state index contributed by atoms with van der Waals surface area (Å²) in [5, 5.41) is 109. The molecule has 2 unspecified atom stereocenters. The summed E-state index contributed by atoms with van der Waals surface area (Å²) in [6, 6.07) is 32.2. The van der Waals surface area contributed by atoms with Crippen LogP contribution >= 0.6 is 0 Å². The van der Waals surface area contributed by atoms with Crippen molar-refractivity contribution in [3.05, 3.63) is 165 Å². The molecule has 0 bridgehead atoms. The lowest BCUT2D eigenvalue weighted by Gasteiger charge is -2.52. The Kier molecular flexibility index (Phi) is 5.13. The first kappa shape index (κ1) is 44.4. The molecule has 0 aromatic heterocycles. The van der Waals surface area contributed by atoms with E-state index in [1.54, 1.807) is 313 Å². The average Bonchev–Trinajstić information content (AvgIpc) is 1.38. The molecular formula is C98H31N3O. The monoisotopic (exact) mass is 1270 g/mol. The van der Waals surface area contributed by atoms with Crippen LogP contribution in [0.5, 0.6) is 5.75 Å². The predicted octanol–water partition coefficient (Wildman–Crippen LogP) is 23.8. The Morgan fingerprint density at radius 3 is 1.09 bits per heavy atom.